The number of hydrogen-bond donors (Lipinski definition) is 1. The van der Waals surface area contributed by atoms with Gasteiger partial charge in [0, 0.05) is 41.2 Å². The van der Waals surface area contributed by atoms with Crippen LogP contribution in [0, 0.1) is 12.8 Å². The van der Waals surface area contributed by atoms with Crippen molar-refractivity contribution in [2.75, 3.05) is 11.9 Å². The molecule has 0 spiro atoms. The summed E-state index contributed by atoms with van der Waals surface area (Å²) in [7, 11) is 0. The van der Waals surface area contributed by atoms with Crippen molar-refractivity contribution >= 4 is 17.3 Å². The maximum atomic E-state index is 4.41. The van der Waals surface area contributed by atoms with Gasteiger partial charge in [-0.05, 0) is 31.9 Å². The molecule has 2 aromatic rings. The first kappa shape index (κ1) is 14.1. The van der Waals surface area contributed by atoms with Crippen LogP contribution in [0.25, 0.3) is 0 Å². The SMILES string of the molecule is Cc1ccc(CC(C)n2ccnc2NCC(C)C)s1. The van der Waals surface area contributed by atoms with E-state index in [0.29, 0.717) is 12.0 Å². The average Bonchev–Trinajstić information content (AvgIpc) is 2.95. The third-order valence-electron chi connectivity index (χ3n) is 3.10. The van der Waals surface area contributed by atoms with Gasteiger partial charge < -0.3 is 9.88 Å². The lowest BCUT2D eigenvalue weighted by molar-refractivity contribution is 0.549. The molecule has 2 heterocycles. The van der Waals surface area contributed by atoms with E-state index in [1.54, 1.807) is 0 Å². The highest BCUT2D eigenvalue weighted by Gasteiger charge is 2.11. The summed E-state index contributed by atoms with van der Waals surface area (Å²) in [6, 6.07) is 4.85. The molecule has 4 heteroatoms. The first-order valence-corrected chi connectivity index (χ1v) is 7.70. The molecule has 0 fully saturated rings. The molecular formula is C15H23N3S. The van der Waals surface area contributed by atoms with Crippen molar-refractivity contribution in [3.05, 3.63) is 34.3 Å². The summed E-state index contributed by atoms with van der Waals surface area (Å²) in [6.45, 7) is 9.78. The number of anilines is 1. The summed E-state index contributed by atoms with van der Waals surface area (Å²) < 4.78 is 2.23. The van der Waals surface area contributed by atoms with E-state index in [0.717, 1.165) is 18.9 Å². The van der Waals surface area contributed by atoms with E-state index < -0.39 is 0 Å². The van der Waals surface area contributed by atoms with Crippen molar-refractivity contribution in [3.8, 4) is 0 Å². The normalized spacial score (nSPS) is 12.9. The standard InChI is InChI=1S/C15H23N3S/c1-11(2)10-17-15-16-7-8-18(15)12(3)9-14-6-5-13(4)19-14/h5-8,11-12H,9-10H2,1-4H3,(H,16,17). The zero-order chi connectivity index (χ0) is 13.8. The molecule has 0 aliphatic carbocycles. The molecule has 0 aromatic carbocycles. The zero-order valence-electron chi connectivity index (χ0n) is 12.2. The summed E-state index contributed by atoms with van der Waals surface area (Å²) in [5, 5.41) is 3.42. The average molecular weight is 277 g/mol. The van der Waals surface area contributed by atoms with Crippen LogP contribution in [-0.2, 0) is 6.42 Å². The molecule has 0 aliphatic heterocycles. The van der Waals surface area contributed by atoms with E-state index in [-0.39, 0.29) is 0 Å². The van der Waals surface area contributed by atoms with Crippen molar-refractivity contribution < 1.29 is 0 Å². The lowest BCUT2D eigenvalue weighted by Crippen LogP contribution is -2.15. The number of imidazole rings is 1. The predicted octanol–water partition coefficient (Wildman–Crippen LogP) is 4.12. The monoisotopic (exact) mass is 277 g/mol. The van der Waals surface area contributed by atoms with Crippen LogP contribution >= 0.6 is 11.3 Å². The topological polar surface area (TPSA) is 29.9 Å². The first-order chi connectivity index (χ1) is 9.06. The van der Waals surface area contributed by atoms with E-state index >= 15 is 0 Å². The Morgan fingerprint density at radius 1 is 1.32 bits per heavy atom. The smallest absolute Gasteiger partial charge is 0.203 e. The first-order valence-electron chi connectivity index (χ1n) is 6.88. The molecule has 2 aromatic heterocycles. The maximum Gasteiger partial charge on any atom is 0.203 e. The highest BCUT2D eigenvalue weighted by atomic mass is 32.1. The van der Waals surface area contributed by atoms with Crippen molar-refractivity contribution in [2.24, 2.45) is 5.92 Å². The van der Waals surface area contributed by atoms with E-state index in [9.17, 15) is 0 Å². The van der Waals surface area contributed by atoms with Crippen molar-refractivity contribution in [2.45, 2.75) is 40.2 Å². The van der Waals surface area contributed by atoms with Crippen LogP contribution < -0.4 is 5.32 Å². The molecule has 0 saturated carbocycles. The molecule has 3 nitrogen and oxygen atoms in total. The Kier molecular flexibility index (Phi) is 4.64. The maximum absolute atomic E-state index is 4.41. The number of nitrogens with zero attached hydrogens (tertiary/aromatic N) is 2. The van der Waals surface area contributed by atoms with Crippen LogP contribution in [0.2, 0.25) is 0 Å². The number of thiophene rings is 1. The lowest BCUT2D eigenvalue weighted by Gasteiger charge is -2.17. The molecule has 19 heavy (non-hydrogen) atoms. The minimum absolute atomic E-state index is 0.426. The van der Waals surface area contributed by atoms with E-state index in [1.807, 2.05) is 17.5 Å². The van der Waals surface area contributed by atoms with Gasteiger partial charge in [-0.2, -0.15) is 0 Å². The van der Waals surface area contributed by atoms with Gasteiger partial charge in [-0.25, -0.2) is 4.98 Å². The predicted molar refractivity (Wildman–Crippen MR) is 83.0 cm³/mol. The van der Waals surface area contributed by atoms with Crippen LogP contribution in [0.3, 0.4) is 0 Å². The Labute approximate surface area is 119 Å². The molecular weight excluding hydrogens is 254 g/mol. The summed E-state index contributed by atoms with van der Waals surface area (Å²) in [4.78, 5) is 7.23. The van der Waals surface area contributed by atoms with Crippen LogP contribution in [0.1, 0.15) is 36.6 Å². The molecule has 1 unspecified atom stereocenters. The molecule has 0 radical (unpaired) electrons. The van der Waals surface area contributed by atoms with Gasteiger partial charge in [-0.3, -0.25) is 0 Å². The van der Waals surface area contributed by atoms with Gasteiger partial charge in [-0.15, -0.1) is 11.3 Å². The highest BCUT2D eigenvalue weighted by molar-refractivity contribution is 7.11. The Balaban J connectivity index is 2.02. The molecule has 0 saturated heterocycles. The van der Waals surface area contributed by atoms with Crippen LogP contribution in [0.4, 0.5) is 5.95 Å². The molecule has 2 rings (SSSR count). The van der Waals surface area contributed by atoms with Gasteiger partial charge in [0.05, 0.1) is 0 Å². The molecule has 0 aliphatic rings. The third-order valence-corrected chi connectivity index (χ3v) is 4.13. The number of aromatic nitrogens is 2. The van der Waals surface area contributed by atoms with Crippen molar-refractivity contribution in [3.63, 3.8) is 0 Å². The summed E-state index contributed by atoms with van der Waals surface area (Å²) in [6.07, 6.45) is 5.00. The van der Waals surface area contributed by atoms with Crippen LogP contribution in [0.5, 0.6) is 0 Å². The third kappa shape index (κ3) is 3.83. The molecule has 0 amide bonds. The van der Waals surface area contributed by atoms with E-state index in [2.05, 4.69) is 60.9 Å². The summed E-state index contributed by atoms with van der Waals surface area (Å²) >= 11 is 1.88. The summed E-state index contributed by atoms with van der Waals surface area (Å²) in [5.74, 6) is 1.61. The number of rotatable bonds is 6. The Morgan fingerprint density at radius 2 is 2.11 bits per heavy atom. The van der Waals surface area contributed by atoms with E-state index in [4.69, 9.17) is 0 Å². The van der Waals surface area contributed by atoms with Gasteiger partial charge in [0.25, 0.3) is 0 Å². The second kappa shape index (κ2) is 6.24. The van der Waals surface area contributed by atoms with Crippen LogP contribution in [-0.4, -0.2) is 16.1 Å². The number of aryl methyl sites for hydroxylation is 1. The van der Waals surface area contributed by atoms with Crippen molar-refractivity contribution in [1.29, 1.82) is 0 Å². The summed E-state index contributed by atoms with van der Waals surface area (Å²) in [5.41, 5.74) is 0. The molecule has 104 valence electrons. The quantitative estimate of drug-likeness (QED) is 0.860. The fraction of sp³-hybridized carbons (Fsp3) is 0.533. The number of nitrogens with one attached hydrogen (secondary N) is 1. The molecule has 1 atom stereocenters. The fourth-order valence-corrected chi connectivity index (χ4v) is 3.10. The van der Waals surface area contributed by atoms with Gasteiger partial charge in [0.2, 0.25) is 5.95 Å². The van der Waals surface area contributed by atoms with Gasteiger partial charge in [0.15, 0.2) is 0 Å². The molecule has 1 N–H and O–H groups in total. The van der Waals surface area contributed by atoms with Crippen LogP contribution in [0.15, 0.2) is 24.5 Å². The second-order valence-corrected chi connectivity index (χ2v) is 6.87. The molecule has 0 bridgehead atoms. The minimum Gasteiger partial charge on any atom is -0.355 e. The number of hydrogen-bond acceptors (Lipinski definition) is 3. The zero-order valence-corrected chi connectivity index (χ0v) is 13.0. The van der Waals surface area contributed by atoms with Crippen molar-refractivity contribution in [1.82, 2.24) is 9.55 Å². The van der Waals surface area contributed by atoms with Gasteiger partial charge in [-0.1, -0.05) is 13.8 Å². The second-order valence-electron chi connectivity index (χ2n) is 5.50. The van der Waals surface area contributed by atoms with Gasteiger partial charge >= 0.3 is 0 Å². The highest BCUT2D eigenvalue weighted by Crippen LogP contribution is 2.23. The Hall–Kier alpha value is -1.29. The van der Waals surface area contributed by atoms with Gasteiger partial charge in [0.1, 0.15) is 0 Å². The lowest BCUT2D eigenvalue weighted by atomic mass is 10.2. The fourth-order valence-electron chi connectivity index (χ4n) is 2.09. The Morgan fingerprint density at radius 3 is 2.74 bits per heavy atom. The van der Waals surface area contributed by atoms with E-state index in [1.165, 1.54) is 9.75 Å². The largest absolute Gasteiger partial charge is 0.355 e. The minimum atomic E-state index is 0.426. The Bertz CT molecular complexity index is 513.